The van der Waals surface area contributed by atoms with Crippen molar-refractivity contribution in [1.29, 1.82) is 0 Å². The van der Waals surface area contributed by atoms with Crippen molar-refractivity contribution >= 4 is 25.5 Å². The molecule has 4 rings (SSSR count). The first-order chi connectivity index (χ1) is 24.2. The summed E-state index contributed by atoms with van der Waals surface area (Å²) in [7, 11) is -4.29. The van der Waals surface area contributed by atoms with Crippen LogP contribution in [-0.2, 0) is 34.1 Å². The summed E-state index contributed by atoms with van der Waals surface area (Å²) in [5, 5.41) is 36.4. The Hall–Kier alpha value is -0.981. The van der Waals surface area contributed by atoms with E-state index in [1.165, 1.54) is 44.3 Å². The van der Waals surface area contributed by atoms with Gasteiger partial charge in [-0.3, -0.25) is 0 Å². The molecular formula is C46H74Fe2N4P2. The van der Waals surface area contributed by atoms with Crippen LogP contribution >= 0.6 is 14.1 Å². The summed E-state index contributed by atoms with van der Waals surface area (Å²) in [4.78, 5) is 0. The number of hydrogen-bond acceptors (Lipinski definition) is 0. The van der Waals surface area contributed by atoms with Crippen LogP contribution in [0.5, 0.6) is 0 Å². The quantitative estimate of drug-likeness (QED) is 0.134. The normalized spacial score (nSPS) is 15.3. The van der Waals surface area contributed by atoms with Crippen molar-refractivity contribution in [3.8, 4) is 0 Å². The molecule has 0 saturated heterocycles. The maximum atomic E-state index is 11.7. The standard InChI is InChI=1S/2C23H37N2P.2Fe/c2*1-15(2)19-11-9-12-20(16(3)4)23(19)25-21-13-10-14-22(21)26(24,17(5)6)18(7)8;;/h2*9,11-12,15-18H,10,13-14H2,1-8H3;;/q2*-2;2*+2. The van der Waals surface area contributed by atoms with Crippen LogP contribution in [0.1, 0.15) is 195 Å². The Morgan fingerprint density at radius 2 is 0.667 bits per heavy atom. The number of nitrogens with zero attached hydrogens (tertiary/aromatic N) is 4. The number of hydrogen-bond donors (Lipinski definition) is 0. The maximum Gasteiger partial charge on any atom is 2.00 e. The summed E-state index contributed by atoms with van der Waals surface area (Å²) in [6.07, 6.45) is 6.27. The van der Waals surface area contributed by atoms with Gasteiger partial charge in [-0.1, -0.05) is 180 Å². The molecule has 0 fully saturated rings. The molecular weight excluding hydrogens is 782 g/mol. The van der Waals surface area contributed by atoms with E-state index in [-0.39, 0.29) is 34.1 Å². The van der Waals surface area contributed by atoms with Gasteiger partial charge < -0.3 is 21.0 Å². The van der Waals surface area contributed by atoms with E-state index in [1.54, 1.807) is 0 Å². The molecule has 0 saturated carbocycles. The first-order valence-electron chi connectivity index (χ1n) is 20.6. The molecule has 0 amide bonds. The molecule has 8 heteroatoms. The van der Waals surface area contributed by atoms with Gasteiger partial charge in [-0.25, -0.2) is 0 Å². The minimum atomic E-state index is -2.15. The van der Waals surface area contributed by atoms with E-state index in [2.05, 4.69) is 147 Å². The summed E-state index contributed by atoms with van der Waals surface area (Å²) in [5.74, 6) is 1.78. The van der Waals surface area contributed by atoms with Gasteiger partial charge >= 0.3 is 34.1 Å². The molecule has 2 aliphatic rings. The van der Waals surface area contributed by atoms with Crippen molar-refractivity contribution in [3.63, 3.8) is 0 Å². The van der Waals surface area contributed by atoms with Crippen molar-refractivity contribution in [2.75, 3.05) is 0 Å². The van der Waals surface area contributed by atoms with Crippen molar-refractivity contribution < 1.29 is 34.1 Å². The summed E-state index contributed by atoms with van der Waals surface area (Å²) in [6.45, 7) is 35.4. The Kier molecular flexibility index (Phi) is 20.5. The van der Waals surface area contributed by atoms with E-state index in [4.69, 9.17) is 10.6 Å². The number of para-hydroxylation sites is 2. The van der Waals surface area contributed by atoms with Crippen molar-refractivity contribution in [3.05, 3.63) is 102 Å². The Labute approximate surface area is 354 Å². The van der Waals surface area contributed by atoms with Crippen LogP contribution in [0.4, 0.5) is 11.4 Å². The molecule has 0 N–H and O–H groups in total. The van der Waals surface area contributed by atoms with Crippen LogP contribution in [0.15, 0.2) is 58.4 Å². The Morgan fingerprint density at radius 3 is 0.870 bits per heavy atom. The third kappa shape index (κ3) is 11.1. The van der Waals surface area contributed by atoms with Crippen molar-refractivity contribution in [2.45, 2.75) is 196 Å². The summed E-state index contributed by atoms with van der Waals surface area (Å²) >= 11 is 0. The summed E-state index contributed by atoms with van der Waals surface area (Å²) in [6, 6.07) is 13.2. The topological polar surface area (TPSA) is 72.8 Å². The number of rotatable bonds is 14. The molecule has 2 aromatic carbocycles. The molecule has 4 nitrogen and oxygen atoms in total. The number of benzene rings is 2. The van der Waals surface area contributed by atoms with Crippen LogP contribution in [0.2, 0.25) is 0 Å². The Morgan fingerprint density at radius 1 is 0.426 bits per heavy atom. The monoisotopic (exact) mass is 856 g/mol. The predicted molar refractivity (Wildman–Crippen MR) is 238 cm³/mol. The van der Waals surface area contributed by atoms with Crippen molar-refractivity contribution in [2.24, 2.45) is 0 Å². The molecule has 54 heavy (non-hydrogen) atoms. The van der Waals surface area contributed by atoms with Crippen LogP contribution in [0.25, 0.3) is 21.0 Å². The second-order valence-corrected chi connectivity index (χ2v) is 25.9. The fourth-order valence-electron chi connectivity index (χ4n) is 8.43. The summed E-state index contributed by atoms with van der Waals surface area (Å²) in [5.41, 5.74) is 11.2. The SMILES string of the molecule is CC(C)c1cccc(C(C)C)c1[N-]C1=C(P(=[N-])(C(C)C)C(C)C)CCC1.CC(C)c1cccc(C(C)C)c1[N-]C1=C(P(=[N-])(C(C)C)C(C)C)CCC1.[Fe+2].[Fe+2]. The van der Waals surface area contributed by atoms with E-state index < -0.39 is 14.1 Å². The van der Waals surface area contributed by atoms with Gasteiger partial charge in [-0.05, 0) is 84.8 Å². The first-order valence-corrected chi connectivity index (χ1v) is 24.3. The minimum absolute atomic E-state index is 0. The molecule has 0 bridgehead atoms. The van der Waals surface area contributed by atoms with Crippen LogP contribution in [0, 0.1) is 0 Å². The van der Waals surface area contributed by atoms with Gasteiger partial charge in [0.1, 0.15) is 0 Å². The van der Waals surface area contributed by atoms with E-state index >= 15 is 0 Å². The van der Waals surface area contributed by atoms with Crippen LogP contribution < -0.4 is 0 Å². The zero-order valence-electron chi connectivity index (χ0n) is 36.7. The largest absolute Gasteiger partial charge is 2.00 e. The van der Waals surface area contributed by atoms with Gasteiger partial charge in [0.05, 0.1) is 0 Å². The smallest absolute Gasteiger partial charge is 0.804 e. The molecule has 0 aliphatic heterocycles. The Bertz CT molecular complexity index is 1480. The van der Waals surface area contributed by atoms with Crippen LogP contribution in [-0.4, -0.2) is 22.6 Å². The van der Waals surface area contributed by atoms with Gasteiger partial charge in [0.15, 0.2) is 0 Å². The molecule has 0 aromatic heterocycles. The molecule has 0 spiro atoms. The molecule has 0 atom stereocenters. The van der Waals surface area contributed by atoms with Gasteiger partial charge in [-0.2, -0.15) is 25.5 Å². The first kappa shape index (κ1) is 51.0. The fourth-order valence-corrected chi connectivity index (χ4v) is 15.5. The van der Waals surface area contributed by atoms with Crippen molar-refractivity contribution in [1.82, 2.24) is 0 Å². The molecule has 2 aliphatic carbocycles. The predicted octanol–water partition coefficient (Wildman–Crippen LogP) is 17.8. The average molecular weight is 857 g/mol. The zero-order valence-corrected chi connectivity index (χ0v) is 40.7. The maximum absolute atomic E-state index is 11.7. The Balaban J connectivity index is 0.000000521. The molecule has 0 unspecified atom stereocenters. The van der Waals surface area contributed by atoms with E-state index in [0.717, 1.165) is 49.9 Å². The van der Waals surface area contributed by atoms with Gasteiger partial charge in [0, 0.05) is 0 Å². The molecule has 0 radical (unpaired) electrons. The van der Waals surface area contributed by atoms with E-state index in [0.29, 0.717) is 46.3 Å². The molecule has 304 valence electrons. The molecule has 2 aromatic rings. The fraction of sp³-hybridized carbons (Fsp3) is 0.652. The minimum Gasteiger partial charge on any atom is -0.804 e. The van der Waals surface area contributed by atoms with Gasteiger partial charge in [0.2, 0.25) is 0 Å². The molecule has 0 heterocycles. The zero-order chi connectivity index (χ0) is 39.3. The van der Waals surface area contributed by atoms with Gasteiger partial charge in [0.25, 0.3) is 0 Å². The average Bonchev–Trinajstić information content (AvgIpc) is 3.73. The second kappa shape index (κ2) is 21.7. The summed E-state index contributed by atoms with van der Waals surface area (Å²) < 4.78 is 0. The van der Waals surface area contributed by atoms with Gasteiger partial charge in [-0.15, -0.1) is 11.4 Å². The van der Waals surface area contributed by atoms with E-state index in [1.807, 2.05) is 0 Å². The third-order valence-electron chi connectivity index (χ3n) is 11.5. The number of allylic oxidation sites excluding steroid dienone is 4. The third-order valence-corrected chi connectivity index (χ3v) is 20.5. The van der Waals surface area contributed by atoms with E-state index in [9.17, 15) is 10.3 Å². The second-order valence-electron chi connectivity index (χ2n) is 17.8. The van der Waals surface area contributed by atoms with Crippen LogP contribution in [0.3, 0.4) is 0 Å².